The van der Waals surface area contributed by atoms with Gasteiger partial charge in [0, 0.05) is 28.6 Å². The number of rotatable bonds is 1. The summed E-state index contributed by atoms with van der Waals surface area (Å²) in [5, 5.41) is 5.27. The summed E-state index contributed by atoms with van der Waals surface area (Å²) in [4.78, 5) is 19.8. The quantitative estimate of drug-likeness (QED) is 0.577. The standard InChI is InChI=1S/C19H17FN4O/c1-19(2,3)15-9-16-21-10-11-8-13(12-6-4-5-7-14(12)20)18(25)22-17(11)24(16)23-15/h4-10H,1-3H3,(H,22,25). The van der Waals surface area contributed by atoms with Crippen LogP contribution in [0, 0.1) is 5.82 Å². The predicted octanol–water partition coefficient (Wildman–Crippen LogP) is 3.67. The van der Waals surface area contributed by atoms with Crippen LogP contribution >= 0.6 is 0 Å². The summed E-state index contributed by atoms with van der Waals surface area (Å²) < 4.78 is 15.7. The average molecular weight is 336 g/mol. The van der Waals surface area contributed by atoms with Crippen molar-refractivity contribution in [3.05, 3.63) is 64.5 Å². The van der Waals surface area contributed by atoms with Crippen LogP contribution < -0.4 is 5.56 Å². The first-order valence-electron chi connectivity index (χ1n) is 8.02. The van der Waals surface area contributed by atoms with E-state index in [0.717, 1.165) is 5.69 Å². The molecule has 0 atom stereocenters. The first-order chi connectivity index (χ1) is 11.8. The molecule has 0 spiro atoms. The zero-order valence-electron chi connectivity index (χ0n) is 14.2. The molecule has 0 fully saturated rings. The first-order valence-corrected chi connectivity index (χ1v) is 8.02. The Kier molecular flexibility index (Phi) is 3.25. The van der Waals surface area contributed by atoms with Crippen molar-refractivity contribution in [3.63, 3.8) is 0 Å². The van der Waals surface area contributed by atoms with Gasteiger partial charge in [0.2, 0.25) is 0 Å². The second-order valence-corrected chi connectivity index (χ2v) is 7.10. The van der Waals surface area contributed by atoms with Gasteiger partial charge in [0.15, 0.2) is 5.65 Å². The van der Waals surface area contributed by atoms with Gasteiger partial charge in [-0.1, -0.05) is 39.0 Å². The predicted molar refractivity (Wildman–Crippen MR) is 95.2 cm³/mol. The molecule has 0 aliphatic rings. The number of aromatic nitrogens is 4. The van der Waals surface area contributed by atoms with Gasteiger partial charge in [-0.2, -0.15) is 9.61 Å². The van der Waals surface area contributed by atoms with E-state index in [-0.39, 0.29) is 22.1 Å². The van der Waals surface area contributed by atoms with E-state index in [1.54, 1.807) is 35.0 Å². The molecule has 1 N–H and O–H groups in total. The lowest BCUT2D eigenvalue weighted by atomic mass is 9.93. The lowest BCUT2D eigenvalue weighted by Crippen LogP contribution is -2.13. The summed E-state index contributed by atoms with van der Waals surface area (Å²) >= 11 is 0. The maximum atomic E-state index is 14.1. The van der Waals surface area contributed by atoms with Gasteiger partial charge in [-0.3, -0.25) is 4.79 Å². The Morgan fingerprint density at radius 1 is 1.12 bits per heavy atom. The Balaban J connectivity index is 2.01. The summed E-state index contributed by atoms with van der Waals surface area (Å²) in [5.74, 6) is -0.435. The van der Waals surface area contributed by atoms with Gasteiger partial charge in [-0.25, -0.2) is 9.37 Å². The Morgan fingerprint density at radius 2 is 1.88 bits per heavy atom. The Morgan fingerprint density at radius 3 is 2.60 bits per heavy atom. The largest absolute Gasteiger partial charge is 0.306 e. The van der Waals surface area contributed by atoms with Crippen LogP contribution in [0.3, 0.4) is 0 Å². The second kappa shape index (κ2) is 5.24. The van der Waals surface area contributed by atoms with Crippen molar-refractivity contribution in [1.82, 2.24) is 19.6 Å². The van der Waals surface area contributed by atoms with E-state index in [1.165, 1.54) is 6.07 Å². The normalized spacial score (nSPS) is 12.2. The van der Waals surface area contributed by atoms with Gasteiger partial charge in [-0.05, 0) is 12.1 Å². The molecular formula is C19H17FN4O. The fourth-order valence-electron chi connectivity index (χ4n) is 2.82. The highest BCUT2D eigenvalue weighted by atomic mass is 19.1. The van der Waals surface area contributed by atoms with Crippen molar-refractivity contribution < 1.29 is 4.39 Å². The Hall–Kier alpha value is -3.02. The monoisotopic (exact) mass is 336 g/mol. The van der Waals surface area contributed by atoms with Crippen LogP contribution in [-0.2, 0) is 5.41 Å². The number of pyridine rings is 1. The minimum absolute atomic E-state index is 0.132. The molecule has 0 saturated heterocycles. The number of hydrogen-bond donors (Lipinski definition) is 1. The van der Waals surface area contributed by atoms with Crippen molar-refractivity contribution in [2.45, 2.75) is 26.2 Å². The van der Waals surface area contributed by atoms with Gasteiger partial charge in [0.25, 0.3) is 5.56 Å². The molecule has 1 aromatic carbocycles. The topological polar surface area (TPSA) is 63.0 Å². The summed E-state index contributed by atoms with van der Waals surface area (Å²) in [7, 11) is 0. The van der Waals surface area contributed by atoms with Gasteiger partial charge in [0.05, 0.1) is 11.3 Å². The van der Waals surface area contributed by atoms with Crippen molar-refractivity contribution in [3.8, 4) is 11.1 Å². The van der Waals surface area contributed by atoms with E-state index in [4.69, 9.17) is 0 Å². The third kappa shape index (κ3) is 2.50. The SMILES string of the molecule is CC(C)(C)c1cc2ncc3cc(-c4ccccc4F)c(=O)[nH]c3n2n1. The second-order valence-electron chi connectivity index (χ2n) is 7.10. The van der Waals surface area contributed by atoms with E-state index in [0.29, 0.717) is 16.7 Å². The molecule has 25 heavy (non-hydrogen) atoms. The molecule has 0 saturated carbocycles. The van der Waals surface area contributed by atoms with Gasteiger partial charge in [-0.15, -0.1) is 0 Å². The van der Waals surface area contributed by atoms with E-state index >= 15 is 0 Å². The summed E-state index contributed by atoms with van der Waals surface area (Å²) in [6, 6.07) is 9.77. The Labute approximate surface area is 143 Å². The number of benzene rings is 1. The maximum Gasteiger partial charge on any atom is 0.257 e. The molecule has 0 aliphatic heterocycles. The third-order valence-corrected chi connectivity index (χ3v) is 4.22. The molecule has 0 unspecified atom stereocenters. The van der Waals surface area contributed by atoms with Crippen LogP contribution in [0.5, 0.6) is 0 Å². The first kappa shape index (κ1) is 15.5. The third-order valence-electron chi connectivity index (χ3n) is 4.22. The van der Waals surface area contributed by atoms with Crippen molar-refractivity contribution in [2.24, 2.45) is 0 Å². The number of halogens is 1. The van der Waals surface area contributed by atoms with Crippen LogP contribution in [0.1, 0.15) is 26.5 Å². The fraction of sp³-hybridized carbons (Fsp3) is 0.211. The zero-order valence-corrected chi connectivity index (χ0v) is 14.2. The highest BCUT2D eigenvalue weighted by molar-refractivity contribution is 5.82. The number of fused-ring (bicyclic) bond motifs is 3. The highest BCUT2D eigenvalue weighted by Gasteiger charge is 2.19. The number of H-pyrrole nitrogens is 1. The lowest BCUT2D eigenvalue weighted by Gasteiger charge is -2.13. The number of hydrogen-bond acceptors (Lipinski definition) is 3. The van der Waals surface area contributed by atoms with Crippen LogP contribution in [-0.4, -0.2) is 19.6 Å². The maximum absolute atomic E-state index is 14.1. The fourth-order valence-corrected chi connectivity index (χ4v) is 2.82. The molecule has 4 rings (SSSR count). The smallest absolute Gasteiger partial charge is 0.257 e. The van der Waals surface area contributed by atoms with E-state index in [2.05, 4.69) is 35.8 Å². The molecule has 5 nitrogen and oxygen atoms in total. The molecule has 0 aliphatic carbocycles. The molecular weight excluding hydrogens is 319 g/mol. The highest BCUT2D eigenvalue weighted by Crippen LogP contribution is 2.25. The molecule has 0 amide bonds. The molecule has 3 heterocycles. The summed E-state index contributed by atoms with van der Waals surface area (Å²) in [6.07, 6.45) is 1.67. The van der Waals surface area contributed by atoms with Crippen molar-refractivity contribution in [2.75, 3.05) is 0 Å². The zero-order chi connectivity index (χ0) is 17.8. The van der Waals surface area contributed by atoms with Crippen LogP contribution in [0.25, 0.3) is 27.8 Å². The molecule has 0 radical (unpaired) electrons. The van der Waals surface area contributed by atoms with Gasteiger partial charge >= 0.3 is 0 Å². The summed E-state index contributed by atoms with van der Waals surface area (Å²) in [5.41, 5.74) is 2.13. The molecule has 6 heteroatoms. The number of nitrogens with one attached hydrogen (secondary N) is 1. The van der Waals surface area contributed by atoms with Crippen LogP contribution in [0.2, 0.25) is 0 Å². The van der Waals surface area contributed by atoms with E-state index in [9.17, 15) is 9.18 Å². The number of nitrogens with zero attached hydrogens (tertiary/aromatic N) is 3. The molecule has 0 bridgehead atoms. The van der Waals surface area contributed by atoms with Gasteiger partial charge in [0.1, 0.15) is 11.5 Å². The minimum atomic E-state index is -0.435. The van der Waals surface area contributed by atoms with Crippen LogP contribution in [0.4, 0.5) is 4.39 Å². The molecule has 3 aromatic heterocycles. The van der Waals surface area contributed by atoms with E-state index < -0.39 is 5.82 Å². The van der Waals surface area contributed by atoms with E-state index in [1.807, 2.05) is 6.07 Å². The average Bonchev–Trinajstić information content (AvgIpc) is 3.00. The van der Waals surface area contributed by atoms with Gasteiger partial charge < -0.3 is 4.98 Å². The number of aromatic amines is 1. The van der Waals surface area contributed by atoms with Crippen molar-refractivity contribution >= 4 is 16.7 Å². The Bertz CT molecular complexity index is 1170. The molecule has 4 aromatic rings. The summed E-state index contributed by atoms with van der Waals surface area (Å²) in [6.45, 7) is 6.20. The van der Waals surface area contributed by atoms with Crippen molar-refractivity contribution in [1.29, 1.82) is 0 Å². The molecule has 126 valence electrons. The van der Waals surface area contributed by atoms with Crippen LogP contribution in [0.15, 0.2) is 47.4 Å². The minimum Gasteiger partial charge on any atom is -0.306 e. The lowest BCUT2D eigenvalue weighted by molar-refractivity contribution is 0.563.